The summed E-state index contributed by atoms with van der Waals surface area (Å²) in [7, 11) is 1.74. The first-order valence-electron chi connectivity index (χ1n) is 8.02. The number of hydrogen-bond donors (Lipinski definition) is 1. The van der Waals surface area contributed by atoms with Gasteiger partial charge in [0.25, 0.3) is 0 Å². The molecule has 0 radical (unpaired) electrons. The van der Waals surface area contributed by atoms with E-state index in [1.807, 2.05) is 0 Å². The fourth-order valence-corrected chi connectivity index (χ4v) is 2.74. The van der Waals surface area contributed by atoms with Crippen molar-refractivity contribution in [3.63, 3.8) is 0 Å². The Morgan fingerprint density at radius 3 is 2.33 bits per heavy atom. The number of anilines is 2. The van der Waals surface area contributed by atoms with Gasteiger partial charge in [-0.15, -0.1) is 0 Å². The van der Waals surface area contributed by atoms with E-state index >= 15 is 0 Å². The summed E-state index contributed by atoms with van der Waals surface area (Å²) in [6.07, 6.45) is 1.04. The Morgan fingerprint density at radius 2 is 1.76 bits per heavy atom. The normalized spacial score (nSPS) is 16.5. The lowest BCUT2D eigenvalue weighted by Crippen LogP contribution is -2.48. The molecule has 2 rings (SSSR count). The summed E-state index contributed by atoms with van der Waals surface area (Å²) < 4.78 is 5.05. The number of hydrogen-bond acceptors (Lipinski definition) is 4. The van der Waals surface area contributed by atoms with E-state index in [2.05, 4.69) is 53.2 Å². The summed E-state index contributed by atoms with van der Waals surface area (Å²) in [6, 6.07) is 9.47. The number of piperazine rings is 1. The van der Waals surface area contributed by atoms with Crippen LogP contribution in [0.3, 0.4) is 0 Å². The van der Waals surface area contributed by atoms with Gasteiger partial charge in [-0.1, -0.05) is 0 Å². The van der Waals surface area contributed by atoms with Gasteiger partial charge in [-0.2, -0.15) is 0 Å². The van der Waals surface area contributed by atoms with Crippen molar-refractivity contribution in [3.05, 3.63) is 24.3 Å². The minimum Gasteiger partial charge on any atom is -0.385 e. The largest absolute Gasteiger partial charge is 0.385 e. The fraction of sp³-hybridized carbons (Fsp3) is 0.647. The zero-order valence-electron chi connectivity index (χ0n) is 13.6. The molecule has 21 heavy (non-hydrogen) atoms. The van der Waals surface area contributed by atoms with Crippen LogP contribution in [0.1, 0.15) is 20.3 Å². The van der Waals surface area contributed by atoms with Crippen molar-refractivity contribution < 1.29 is 4.74 Å². The molecule has 0 amide bonds. The second-order valence-electron chi connectivity index (χ2n) is 5.94. The molecule has 1 saturated heterocycles. The van der Waals surface area contributed by atoms with E-state index in [0.29, 0.717) is 6.04 Å². The molecular weight excluding hydrogens is 262 g/mol. The molecule has 0 saturated carbocycles. The third-order valence-electron chi connectivity index (χ3n) is 4.13. The lowest BCUT2D eigenvalue weighted by atomic mass is 10.2. The number of nitrogens with one attached hydrogen (secondary N) is 1. The summed E-state index contributed by atoms with van der Waals surface area (Å²) in [5.74, 6) is 0. The molecule has 1 heterocycles. The SMILES string of the molecule is COCCCNc1ccc(N2CCN(C(C)C)CC2)cc1. The average Bonchev–Trinajstić information content (AvgIpc) is 2.52. The maximum absolute atomic E-state index is 5.05. The van der Waals surface area contributed by atoms with Gasteiger partial charge in [0.2, 0.25) is 0 Å². The zero-order chi connectivity index (χ0) is 15.1. The van der Waals surface area contributed by atoms with E-state index in [0.717, 1.165) is 45.8 Å². The van der Waals surface area contributed by atoms with Crippen LogP contribution in [0.15, 0.2) is 24.3 Å². The van der Waals surface area contributed by atoms with Crippen LogP contribution in [0.25, 0.3) is 0 Å². The first-order chi connectivity index (χ1) is 10.2. The molecule has 118 valence electrons. The summed E-state index contributed by atoms with van der Waals surface area (Å²) in [4.78, 5) is 5.02. The number of nitrogens with zero attached hydrogens (tertiary/aromatic N) is 2. The third-order valence-corrected chi connectivity index (χ3v) is 4.13. The van der Waals surface area contributed by atoms with Crippen LogP contribution in [0.2, 0.25) is 0 Å². The molecule has 1 N–H and O–H groups in total. The molecule has 1 aliphatic heterocycles. The van der Waals surface area contributed by atoms with Crippen molar-refractivity contribution in [2.45, 2.75) is 26.3 Å². The molecule has 1 aromatic rings. The van der Waals surface area contributed by atoms with Gasteiger partial charge in [0, 0.05) is 63.9 Å². The van der Waals surface area contributed by atoms with Crippen LogP contribution in [0.4, 0.5) is 11.4 Å². The van der Waals surface area contributed by atoms with Gasteiger partial charge in [-0.3, -0.25) is 4.90 Å². The maximum Gasteiger partial charge on any atom is 0.0479 e. The number of rotatable bonds is 7. The number of ether oxygens (including phenoxy) is 1. The Labute approximate surface area is 129 Å². The van der Waals surface area contributed by atoms with Crippen molar-refractivity contribution >= 4 is 11.4 Å². The minimum atomic E-state index is 0.658. The second kappa shape index (κ2) is 8.25. The predicted octanol–water partition coefficient (Wildman–Crippen LogP) is 2.67. The molecular formula is C17H29N3O. The molecule has 0 unspecified atom stereocenters. The van der Waals surface area contributed by atoms with E-state index in [4.69, 9.17) is 4.74 Å². The first-order valence-corrected chi connectivity index (χ1v) is 8.02. The average molecular weight is 291 g/mol. The highest BCUT2D eigenvalue weighted by Crippen LogP contribution is 2.20. The van der Waals surface area contributed by atoms with Crippen molar-refractivity contribution in [3.8, 4) is 0 Å². The molecule has 0 aromatic heterocycles. The summed E-state index contributed by atoms with van der Waals surface area (Å²) in [5, 5.41) is 3.42. The van der Waals surface area contributed by atoms with Crippen LogP contribution >= 0.6 is 0 Å². The van der Waals surface area contributed by atoms with Crippen LogP contribution in [0, 0.1) is 0 Å². The Balaban J connectivity index is 1.80. The van der Waals surface area contributed by atoms with Gasteiger partial charge in [0.1, 0.15) is 0 Å². The highest BCUT2D eigenvalue weighted by atomic mass is 16.5. The molecule has 1 aromatic carbocycles. The molecule has 4 heteroatoms. The molecule has 4 nitrogen and oxygen atoms in total. The van der Waals surface area contributed by atoms with Crippen LogP contribution in [-0.2, 0) is 4.74 Å². The van der Waals surface area contributed by atoms with E-state index in [1.54, 1.807) is 7.11 Å². The van der Waals surface area contributed by atoms with E-state index in [-0.39, 0.29) is 0 Å². The van der Waals surface area contributed by atoms with Crippen molar-refractivity contribution in [1.29, 1.82) is 0 Å². The Kier molecular flexibility index (Phi) is 6.33. The van der Waals surface area contributed by atoms with Crippen LogP contribution < -0.4 is 10.2 Å². The first kappa shape index (κ1) is 16.1. The van der Waals surface area contributed by atoms with Crippen molar-refractivity contribution in [1.82, 2.24) is 4.90 Å². The molecule has 1 fully saturated rings. The van der Waals surface area contributed by atoms with Gasteiger partial charge in [-0.25, -0.2) is 0 Å². The van der Waals surface area contributed by atoms with Crippen LogP contribution in [0.5, 0.6) is 0 Å². The highest BCUT2D eigenvalue weighted by Gasteiger charge is 2.18. The summed E-state index contributed by atoms with van der Waals surface area (Å²) >= 11 is 0. The zero-order valence-corrected chi connectivity index (χ0v) is 13.6. The van der Waals surface area contributed by atoms with E-state index in [1.165, 1.54) is 11.4 Å². The van der Waals surface area contributed by atoms with Crippen molar-refractivity contribution in [2.75, 3.05) is 56.7 Å². The Bertz CT molecular complexity index is 397. The van der Waals surface area contributed by atoms with Crippen LogP contribution in [-0.4, -0.2) is 57.4 Å². The smallest absolute Gasteiger partial charge is 0.0479 e. The fourth-order valence-electron chi connectivity index (χ4n) is 2.74. The number of benzene rings is 1. The minimum absolute atomic E-state index is 0.658. The maximum atomic E-state index is 5.05. The Hall–Kier alpha value is -1.26. The second-order valence-corrected chi connectivity index (χ2v) is 5.94. The monoisotopic (exact) mass is 291 g/mol. The lowest BCUT2D eigenvalue weighted by Gasteiger charge is -2.38. The number of methoxy groups -OCH3 is 1. The Morgan fingerprint density at radius 1 is 1.10 bits per heavy atom. The molecule has 1 aliphatic rings. The van der Waals surface area contributed by atoms with Gasteiger partial charge in [0.15, 0.2) is 0 Å². The molecule has 0 aliphatic carbocycles. The summed E-state index contributed by atoms with van der Waals surface area (Å²) in [6.45, 7) is 10.9. The van der Waals surface area contributed by atoms with Crippen molar-refractivity contribution in [2.24, 2.45) is 0 Å². The molecule has 0 spiro atoms. The van der Waals surface area contributed by atoms with Gasteiger partial charge in [0.05, 0.1) is 0 Å². The van der Waals surface area contributed by atoms with E-state index < -0.39 is 0 Å². The van der Waals surface area contributed by atoms with Gasteiger partial charge in [-0.05, 0) is 44.5 Å². The predicted molar refractivity (Wildman–Crippen MR) is 90.3 cm³/mol. The molecule has 0 bridgehead atoms. The van der Waals surface area contributed by atoms with Gasteiger partial charge >= 0.3 is 0 Å². The highest BCUT2D eigenvalue weighted by molar-refractivity contribution is 5.55. The lowest BCUT2D eigenvalue weighted by molar-refractivity contribution is 0.198. The third kappa shape index (κ3) is 4.90. The molecule has 0 atom stereocenters. The quantitative estimate of drug-likeness (QED) is 0.782. The van der Waals surface area contributed by atoms with Gasteiger partial charge < -0.3 is 15.0 Å². The van der Waals surface area contributed by atoms with E-state index in [9.17, 15) is 0 Å². The summed E-state index contributed by atoms with van der Waals surface area (Å²) in [5.41, 5.74) is 2.52. The topological polar surface area (TPSA) is 27.7 Å². The standard InChI is InChI=1S/C17H29N3O/c1-15(2)19-10-12-20(13-11-19)17-7-5-16(6-8-17)18-9-4-14-21-3/h5-8,15,18H,4,9-14H2,1-3H3.